The summed E-state index contributed by atoms with van der Waals surface area (Å²) in [5, 5.41) is 0. The number of carbonyl (C=O) groups is 1. The molecule has 13 heteroatoms. The molecule has 0 radical (unpaired) electrons. The molecule has 0 N–H and O–H groups in total. The smallest absolute Gasteiger partial charge is 0.315 e. The molecular formula is C20H18N6O5S2. The summed E-state index contributed by atoms with van der Waals surface area (Å²) in [4.78, 5) is 46.1. The third-order valence-electron chi connectivity index (χ3n) is 5.07. The van der Waals surface area contributed by atoms with Crippen LogP contribution in [0.15, 0.2) is 44.0 Å². The zero-order chi connectivity index (χ0) is 24.1. The minimum Gasteiger partial charge on any atom is -0.315 e. The SMILES string of the molecule is C#CCn1c(=NC(=O)Cn2cnc3c2c(=O)n(C)c(=O)n3C)sc2cc(S(C)(=O)=O)ccc21. The second kappa shape index (κ2) is 7.98. The minimum atomic E-state index is -3.41. The predicted molar refractivity (Wildman–Crippen MR) is 123 cm³/mol. The molecule has 0 fully saturated rings. The molecule has 1 aromatic carbocycles. The Morgan fingerprint density at radius 3 is 2.64 bits per heavy atom. The van der Waals surface area contributed by atoms with Gasteiger partial charge >= 0.3 is 5.69 Å². The van der Waals surface area contributed by atoms with Gasteiger partial charge in [0.05, 0.1) is 28.0 Å². The monoisotopic (exact) mass is 486 g/mol. The number of hydrogen-bond acceptors (Lipinski definition) is 7. The molecule has 3 heterocycles. The molecular weight excluding hydrogens is 468 g/mol. The van der Waals surface area contributed by atoms with E-state index in [-0.39, 0.29) is 29.1 Å². The molecule has 33 heavy (non-hydrogen) atoms. The van der Waals surface area contributed by atoms with Crippen LogP contribution in [-0.4, -0.2) is 43.8 Å². The Kier molecular flexibility index (Phi) is 5.43. The van der Waals surface area contributed by atoms with Gasteiger partial charge in [-0.15, -0.1) is 6.42 Å². The Balaban J connectivity index is 1.81. The maximum atomic E-state index is 12.8. The van der Waals surface area contributed by atoms with E-state index in [1.807, 2.05) is 0 Å². The number of amides is 1. The summed E-state index contributed by atoms with van der Waals surface area (Å²) in [7, 11) is -0.579. The van der Waals surface area contributed by atoms with Crippen molar-refractivity contribution in [2.45, 2.75) is 18.0 Å². The highest BCUT2D eigenvalue weighted by atomic mass is 32.2. The number of imidazole rings is 1. The van der Waals surface area contributed by atoms with Crippen LogP contribution in [0.1, 0.15) is 0 Å². The first-order chi connectivity index (χ1) is 15.5. The predicted octanol–water partition coefficient (Wildman–Crippen LogP) is -0.386. The average Bonchev–Trinajstić information content (AvgIpc) is 3.31. The summed E-state index contributed by atoms with van der Waals surface area (Å²) in [5.41, 5.74) is -0.185. The van der Waals surface area contributed by atoms with Crippen LogP contribution in [0.3, 0.4) is 0 Å². The van der Waals surface area contributed by atoms with Gasteiger partial charge in [0.2, 0.25) is 0 Å². The number of thiazole rings is 1. The number of aryl methyl sites for hydroxylation is 1. The lowest BCUT2D eigenvalue weighted by Gasteiger charge is -2.05. The Hall–Kier alpha value is -3.76. The fourth-order valence-corrected chi connectivity index (χ4v) is 5.23. The number of nitrogens with zero attached hydrogens (tertiary/aromatic N) is 6. The van der Waals surface area contributed by atoms with E-state index in [4.69, 9.17) is 6.42 Å². The molecule has 0 aliphatic rings. The summed E-state index contributed by atoms with van der Waals surface area (Å²) in [6.07, 6.45) is 7.89. The summed E-state index contributed by atoms with van der Waals surface area (Å²) >= 11 is 1.13. The first-order valence-corrected chi connectivity index (χ1v) is 12.2. The van der Waals surface area contributed by atoms with Crippen LogP contribution in [0.4, 0.5) is 0 Å². The van der Waals surface area contributed by atoms with Gasteiger partial charge in [0.25, 0.3) is 11.5 Å². The lowest BCUT2D eigenvalue weighted by Crippen LogP contribution is -2.37. The number of hydrogen-bond donors (Lipinski definition) is 0. The Morgan fingerprint density at radius 2 is 1.97 bits per heavy atom. The number of carbonyl (C=O) groups excluding carboxylic acids is 1. The van der Waals surface area contributed by atoms with E-state index in [0.717, 1.165) is 22.2 Å². The van der Waals surface area contributed by atoms with Crippen LogP contribution in [0.25, 0.3) is 21.4 Å². The van der Waals surface area contributed by atoms with Crippen LogP contribution < -0.4 is 16.1 Å². The van der Waals surface area contributed by atoms with E-state index in [2.05, 4.69) is 15.9 Å². The Labute approximate surface area is 190 Å². The third kappa shape index (κ3) is 3.83. The van der Waals surface area contributed by atoms with Crippen molar-refractivity contribution in [2.24, 2.45) is 19.1 Å². The lowest BCUT2D eigenvalue weighted by molar-refractivity contribution is -0.118. The second-order valence-electron chi connectivity index (χ2n) is 7.33. The van der Waals surface area contributed by atoms with Gasteiger partial charge in [0.15, 0.2) is 25.8 Å². The van der Waals surface area contributed by atoms with Gasteiger partial charge in [-0.25, -0.2) is 18.2 Å². The van der Waals surface area contributed by atoms with E-state index in [1.54, 1.807) is 10.6 Å². The van der Waals surface area contributed by atoms with Crippen LogP contribution in [0.2, 0.25) is 0 Å². The summed E-state index contributed by atoms with van der Waals surface area (Å²) < 4.78 is 29.5. The molecule has 0 spiro atoms. The standard InChI is InChI=1S/C20H18N6O5S2/c1-5-8-26-13-7-6-12(33(4,30)31)9-14(13)32-19(26)22-15(27)10-25-11-21-17-16(25)18(28)24(3)20(29)23(17)2/h1,6-7,9,11H,8,10H2,2-4H3. The molecule has 0 saturated heterocycles. The second-order valence-corrected chi connectivity index (χ2v) is 10.4. The summed E-state index contributed by atoms with van der Waals surface area (Å²) in [6, 6.07) is 4.61. The molecule has 0 aliphatic heterocycles. The number of rotatable bonds is 4. The highest BCUT2D eigenvalue weighted by Crippen LogP contribution is 2.22. The fourth-order valence-electron chi connectivity index (χ4n) is 3.42. The van der Waals surface area contributed by atoms with E-state index in [9.17, 15) is 22.8 Å². The number of fused-ring (bicyclic) bond motifs is 2. The summed E-state index contributed by atoms with van der Waals surface area (Å²) in [6.45, 7) is -0.163. The first kappa shape index (κ1) is 22.4. The molecule has 0 saturated carbocycles. The number of aromatic nitrogens is 5. The molecule has 0 unspecified atom stereocenters. The van der Waals surface area contributed by atoms with E-state index in [0.29, 0.717) is 15.0 Å². The normalized spacial score (nSPS) is 12.5. The van der Waals surface area contributed by atoms with Gasteiger partial charge in [0, 0.05) is 20.4 Å². The lowest BCUT2D eigenvalue weighted by atomic mass is 10.3. The van der Waals surface area contributed by atoms with Gasteiger partial charge in [-0.1, -0.05) is 17.3 Å². The molecule has 0 bridgehead atoms. The van der Waals surface area contributed by atoms with Gasteiger partial charge in [0.1, 0.15) is 6.54 Å². The number of benzene rings is 1. The Morgan fingerprint density at radius 1 is 1.24 bits per heavy atom. The molecule has 4 rings (SSSR count). The van der Waals surface area contributed by atoms with E-state index >= 15 is 0 Å². The molecule has 11 nitrogen and oxygen atoms in total. The van der Waals surface area contributed by atoms with Crippen molar-refractivity contribution in [3.8, 4) is 12.3 Å². The van der Waals surface area contributed by atoms with Crippen molar-refractivity contribution in [2.75, 3.05) is 6.26 Å². The molecule has 4 aromatic rings. The van der Waals surface area contributed by atoms with Crippen LogP contribution in [0, 0.1) is 12.3 Å². The molecule has 3 aromatic heterocycles. The van der Waals surface area contributed by atoms with Crippen molar-refractivity contribution in [1.82, 2.24) is 23.3 Å². The maximum Gasteiger partial charge on any atom is 0.332 e. The van der Waals surface area contributed by atoms with Crippen LogP contribution in [-0.2, 0) is 41.8 Å². The van der Waals surface area contributed by atoms with Crippen LogP contribution in [0.5, 0.6) is 0 Å². The highest BCUT2D eigenvalue weighted by Gasteiger charge is 2.17. The zero-order valence-corrected chi connectivity index (χ0v) is 19.5. The van der Waals surface area contributed by atoms with Crippen molar-refractivity contribution in [1.29, 1.82) is 0 Å². The fraction of sp³-hybridized carbons (Fsp3) is 0.250. The van der Waals surface area contributed by atoms with Gasteiger partial charge in [-0.05, 0) is 18.2 Å². The quantitative estimate of drug-likeness (QED) is 0.361. The average molecular weight is 487 g/mol. The maximum absolute atomic E-state index is 12.8. The van der Waals surface area contributed by atoms with Gasteiger partial charge in [-0.2, -0.15) is 4.99 Å². The van der Waals surface area contributed by atoms with Gasteiger partial charge in [-0.3, -0.25) is 18.7 Å². The van der Waals surface area contributed by atoms with Crippen molar-refractivity contribution < 1.29 is 13.2 Å². The molecule has 0 atom stereocenters. The van der Waals surface area contributed by atoms with Crippen molar-refractivity contribution in [3.63, 3.8) is 0 Å². The number of terminal acetylenes is 1. The molecule has 1 amide bonds. The molecule has 170 valence electrons. The van der Waals surface area contributed by atoms with Crippen molar-refractivity contribution >= 4 is 48.5 Å². The molecule has 0 aliphatic carbocycles. The Bertz CT molecular complexity index is 1790. The zero-order valence-electron chi connectivity index (χ0n) is 17.8. The van der Waals surface area contributed by atoms with E-state index in [1.165, 1.54) is 41.7 Å². The third-order valence-corrected chi connectivity index (χ3v) is 7.23. The van der Waals surface area contributed by atoms with Crippen LogP contribution >= 0.6 is 11.3 Å². The largest absolute Gasteiger partial charge is 0.332 e. The number of sulfone groups is 1. The summed E-state index contributed by atoms with van der Waals surface area (Å²) in [5.74, 6) is 1.93. The van der Waals surface area contributed by atoms with Crippen molar-refractivity contribution in [3.05, 3.63) is 50.2 Å². The highest BCUT2D eigenvalue weighted by molar-refractivity contribution is 7.90. The minimum absolute atomic E-state index is 0.105. The topological polar surface area (TPSA) is 130 Å². The van der Waals surface area contributed by atoms with E-state index < -0.39 is 27.0 Å². The first-order valence-electron chi connectivity index (χ1n) is 9.48. The van der Waals surface area contributed by atoms with Gasteiger partial charge < -0.3 is 9.13 Å².